The van der Waals surface area contributed by atoms with Crippen LogP contribution in [0.25, 0.3) is 6.08 Å². The van der Waals surface area contributed by atoms with E-state index in [1.165, 1.54) is 49.4 Å². The number of carbonyl (C=O) groups excluding carboxylic acids is 2. The van der Waals surface area contributed by atoms with E-state index in [1.807, 2.05) is 0 Å². The molecule has 0 saturated heterocycles. The first-order valence-corrected chi connectivity index (χ1v) is 11.3. The van der Waals surface area contributed by atoms with Crippen molar-refractivity contribution >= 4 is 33.7 Å². The van der Waals surface area contributed by atoms with E-state index in [0.717, 1.165) is 18.2 Å². The Labute approximate surface area is 189 Å². The number of carbonyl (C=O) groups is 2. The van der Waals surface area contributed by atoms with Gasteiger partial charge in [0, 0.05) is 17.8 Å². The largest absolute Gasteiger partial charge is 0.449 e. The van der Waals surface area contributed by atoms with Gasteiger partial charge >= 0.3 is 12.1 Å². The molecule has 1 atom stereocenters. The third-order valence-electron chi connectivity index (χ3n) is 4.14. The molecule has 0 fully saturated rings. The van der Waals surface area contributed by atoms with Gasteiger partial charge in [0.15, 0.2) is 6.10 Å². The second-order valence-corrected chi connectivity index (χ2v) is 9.04. The van der Waals surface area contributed by atoms with Crippen molar-refractivity contribution < 1.29 is 35.9 Å². The van der Waals surface area contributed by atoms with Crippen LogP contribution in [0.15, 0.2) is 59.5 Å². The summed E-state index contributed by atoms with van der Waals surface area (Å²) in [5.41, 5.74) is -0.167. The molecule has 0 aliphatic carbocycles. The van der Waals surface area contributed by atoms with Gasteiger partial charge in [-0.05, 0) is 68.8 Å². The number of amides is 1. The summed E-state index contributed by atoms with van der Waals surface area (Å²) in [6.07, 6.45) is -3.38. The first-order valence-electron chi connectivity index (χ1n) is 9.77. The molecule has 178 valence electrons. The quantitative estimate of drug-likeness (QED) is 0.436. The minimum atomic E-state index is -4.45. The highest BCUT2D eigenvalue weighted by Crippen LogP contribution is 2.29. The van der Waals surface area contributed by atoms with Crippen LogP contribution in [0.3, 0.4) is 0 Å². The zero-order valence-electron chi connectivity index (χ0n) is 18.0. The summed E-state index contributed by atoms with van der Waals surface area (Å²) >= 11 is 0. The molecule has 1 unspecified atom stereocenters. The molecule has 2 N–H and O–H groups in total. The van der Waals surface area contributed by atoms with E-state index in [9.17, 15) is 31.2 Å². The maximum absolute atomic E-state index is 12.6. The summed E-state index contributed by atoms with van der Waals surface area (Å²) < 4.78 is 69.4. The van der Waals surface area contributed by atoms with Crippen molar-refractivity contribution in [3.8, 4) is 0 Å². The van der Waals surface area contributed by atoms with Crippen LogP contribution >= 0.6 is 0 Å². The fourth-order valence-corrected chi connectivity index (χ4v) is 3.81. The number of halogens is 3. The Morgan fingerprint density at radius 2 is 1.55 bits per heavy atom. The highest BCUT2D eigenvalue weighted by Gasteiger charge is 2.29. The van der Waals surface area contributed by atoms with Crippen LogP contribution < -0.4 is 10.0 Å². The Morgan fingerprint density at radius 3 is 2.06 bits per heavy atom. The topological polar surface area (TPSA) is 102 Å². The average molecular weight is 484 g/mol. The molecule has 0 saturated carbocycles. The molecular weight excluding hydrogens is 461 g/mol. The number of hydrogen-bond acceptors (Lipinski definition) is 5. The highest BCUT2D eigenvalue weighted by atomic mass is 32.2. The molecule has 2 aromatic rings. The predicted molar refractivity (Wildman–Crippen MR) is 117 cm³/mol. The number of benzene rings is 2. The zero-order valence-corrected chi connectivity index (χ0v) is 18.8. The third-order valence-corrected chi connectivity index (χ3v) is 5.81. The number of alkyl halides is 3. The Morgan fingerprint density at radius 1 is 0.970 bits per heavy atom. The Balaban J connectivity index is 1.92. The molecule has 0 heterocycles. The van der Waals surface area contributed by atoms with E-state index < -0.39 is 39.7 Å². The van der Waals surface area contributed by atoms with E-state index in [2.05, 4.69) is 10.0 Å². The molecule has 2 aromatic carbocycles. The second-order valence-electron chi connectivity index (χ2n) is 7.32. The van der Waals surface area contributed by atoms with E-state index >= 15 is 0 Å². The van der Waals surface area contributed by atoms with Gasteiger partial charge in [0.2, 0.25) is 10.0 Å². The summed E-state index contributed by atoms with van der Waals surface area (Å²) in [5.74, 6) is -1.51. The Bertz CT molecular complexity index is 1110. The van der Waals surface area contributed by atoms with Crippen LogP contribution in [0, 0.1) is 0 Å². The van der Waals surface area contributed by atoms with Crippen molar-refractivity contribution in [1.82, 2.24) is 4.72 Å². The minimum Gasteiger partial charge on any atom is -0.449 e. The van der Waals surface area contributed by atoms with Gasteiger partial charge in [-0.15, -0.1) is 0 Å². The van der Waals surface area contributed by atoms with Crippen molar-refractivity contribution in [3.63, 3.8) is 0 Å². The number of esters is 1. The second kappa shape index (κ2) is 10.6. The lowest BCUT2D eigenvalue weighted by molar-refractivity contribution is -0.148. The third kappa shape index (κ3) is 8.03. The molecule has 0 aliphatic rings. The molecular formula is C22H23F3N2O5S. The normalized spacial score (nSPS) is 13.2. The molecule has 0 radical (unpaired) electrons. The lowest BCUT2D eigenvalue weighted by Gasteiger charge is -2.13. The fraction of sp³-hybridized carbons (Fsp3) is 0.273. The van der Waals surface area contributed by atoms with E-state index in [0.29, 0.717) is 11.3 Å². The fourth-order valence-electron chi connectivity index (χ4n) is 2.55. The Kier molecular flexibility index (Phi) is 8.39. The predicted octanol–water partition coefficient (Wildman–Crippen LogP) is 3.98. The first kappa shape index (κ1) is 26.1. The summed E-state index contributed by atoms with van der Waals surface area (Å²) in [6, 6.07) is 9.32. The molecule has 2 rings (SSSR count). The van der Waals surface area contributed by atoms with E-state index in [-0.39, 0.29) is 10.9 Å². The van der Waals surface area contributed by atoms with E-state index in [4.69, 9.17) is 4.74 Å². The summed E-state index contributed by atoms with van der Waals surface area (Å²) in [4.78, 5) is 24.2. The van der Waals surface area contributed by atoms with Gasteiger partial charge in [0.05, 0.1) is 10.5 Å². The van der Waals surface area contributed by atoms with Crippen LogP contribution in [0.1, 0.15) is 31.9 Å². The van der Waals surface area contributed by atoms with Crippen molar-refractivity contribution in [1.29, 1.82) is 0 Å². The Hall–Kier alpha value is -3.18. The first-order chi connectivity index (χ1) is 15.3. The van der Waals surface area contributed by atoms with Crippen LogP contribution in [0.2, 0.25) is 0 Å². The van der Waals surface area contributed by atoms with Gasteiger partial charge in [-0.25, -0.2) is 17.9 Å². The van der Waals surface area contributed by atoms with Gasteiger partial charge in [-0.2, -0.15) is 13.2 Å². The average Bonchev–Trinajstić information content (AvgIpc) is 2.71. The standard InChI is InChI=1S/C22H23F3N2O5S/c1-14(2)27-33(30,31)19-11-9-18(10-12-19)26-21(29)15(3)32-20(28)13-6-16-4-7-17(8-5-16)22(23,24)25/h4-15,27H,1-3H3,(H,26,29)/b13-6+. The van der Waals surface area contributed by atoms with Gasteiger partial charge < -0.3 is 10.1 Å². The zero-order chi connectivity index (χ0) is 24.8. The van der Waals surface area contributed by atoms with Crippen LogP contribution in [-0.2, 0) is 30.5 Å². The summed E-state index contributed by atoms with van der Waals surface area (Å²) in [7, 11) is -3.67. The number of ether oxygens (including phenoxy) is 1. The van der Waals surface area contributed by atoms with Gasteiger partial charge in [-0.1, -0.05) is 12.1 Å². The molecule has 0 aromatic heterocycles. The molecule has 1 amide bonds. The smallest absolute Gasteiger partial charge is 0.416 e. The number of hydrogen-bond donors (Lipinski definition) is 2. The highest BCUT2D eigenvalue weighted by molar-refractivity contribution is 7.89. The van der Waals surface area contributed by atoms with Gasteiger partial charge in [0.25, 0.3) is 5.91 Å². The van der Waals surface area contributed by atoms with Gasteiger partial charge in [0.1, 0.15) is 0 Å². The summed E-state index contributed by atoms with van der Waals surface area (Å²) in [5, 5.41) is 2.50. The molecule has 7 nitrogen and oxygen atoms in total. The van der Waals surface area contributed by atoms with Crippen molar-refractivity contribution in [2.24, 2.45) is 0 Å². The molecule has 0 bridgehead atoms. The lowest BCUT2D eigenvalue weighted by atomic mass is 10.1. The maximum Gasteiger partial charge on any atom is 0.416 e. The number of rotatable bonds is 8. The number of sulfonamides is 1. The van der Waals surface area contributed by atoms with Crippen LogP contribution in [0.5, 0.6) is 0 Å². The van der Waals surface area contributed by atoms with Crippen LogP contribution in [-0.4, -0.2) is 32.4 Å². The number of nitrogens with one attached hydrogen (secondary N) is 2. The number of anilines is 1. The van der Waals surface area contributed by atoms with Crippen molar-refractivity contribution in [3.05, 3.63) is 65.7 Å². The monoisotopic (exact) mass is 484 g/mol. The SMILES string of the molecule is CC(C)NS(=O)(=O)c1ccc(NC(=O)C(C)OC(=O)/C=C/c2ccc(C(F)(F)F)cc2)cc1. The maximum atomic E-state index is 12.6. The molecule has 0 spiro atoms. The van der Waals surface area contributed by atoms with Gasteiger partial charge in [-0.3, -0.25) is 4.79 Å². The minimum absolute atomic E-state index is 0.0297. The summed E-state index contributed by atoms with van der Waals surface area (Å²) in [6.45, 7) is 4.71. The lowest BCUT2D eigenvalue weighted by Crippen LogP contribution is -2.30. The molecule has 11 heteroatoms. The van der Waals surface area contributed by atoms with Crippen molar-refractivity contribution in [2.45, 2.75) is 44.0 Å². The van der Waals surface area contributed by atoms with Crippen LogP contribution in [0.4, 0.5) is 18.9 Å². The van der Waals surface area contributed by atoms with Crippen molar-refractivity contribution in [2.75, 3.05) is 5.32 Å². The molecule has 0 aliphatic heterocycles. The molecule has 33 heavy (non-hydrogen) atoms. The van der Waals surface area contributed by atoms with E-state index in [1.54, 1.807) is 13.8 Å².